The summed E-state index contributed by atoms with van der Waals surface area (Å²) in [5.74, 6) is 1.21. The molecule has 1 aromatic heterocycles. The van der Waals surface area contributed by atoms with Gasteiger partial charge in [0.05, 0.1) is 28.5 Å². The minimum atomic E-state index is 0.364. The zero-order valence-electron chi connectivity index (χ0n) is 11.1. The third-order valence-electron chi connectivity index (χ3n) is 3.33. The van der Waals surface area contributed by atoms with Gasteiger partial charge in [-0.15, -0.1) is 11.6 Å². The summed E-state index contributed by atoms with van der Waals surface area (Å²) in [5.41, 5.74) is 3.75. The number of imidazole rings is 1. The fraction of sp³-hybridized carbons (Fsp3) is 0.125. The molecule has 3 nitrogen and oxygen atoms in total. The lowest BCUT2D eigenvalue weighted by molar-refractivity contribution is 0.778. The van der Waals surface area contributed by atoms with Gasteiger partial charge in [0, 0.05) is 11.0 Å². The molecule has 0 unspecified atom stereocenters. The number of hydrogen-bond donors (Lipinski definition) is 0. The van der Waals surface area contributed by atoms with Crippen LogP contribution >= 0.6 is 27.5 Å². The van der Waals surface area contributed by atoms with Crippen molar-refractivity contribution in [1.82, 2.24) is 9.55 Å². The normalized spacial score (nSPS) is 10.7. The SMILES string of the molecule is N#Cc1ccc(Cn2c(CCl)nc3ccc(Br)cc32)cc1. The van der Waals surface area contributed by atoms with Gasteiger partial charge in [0.25, 0.3) is 0 Å². The molecule has 0 fully saturated rings. The number of aromatic nitrogens is 2. The Bertz CT molecular complexity index is 831. The molecule has 3 rings (SSSR count). The van der Waals surface area contributed by atoms with Crippen molar-refractivity contribution in [1.29, 1.82) is 5.26 Å². The van der Waals surface area contributed by atoms with Gasteiger partial charge in [-0.2, -0.15) is 5.26 Å². The summed E-state index contributed by atoms with van der Waals surface area (Å²) < 4.78 is 3.12. The molecule has 0 aliphatic carbocycles. The van der Waals surface area contributed by atoms with Gasteiger partial charge in [-0.05, 0) is 35.9 Å². The summed E-state index contributed by atoms with van der Waals surface area (Å²) in [7, 11) is 0. The Morgan fingerprint density at radius 1 is 1.19 bits per heavy atom. The van der Waals surface area contributed by atoms with E-state index in [9.17, 15) is 0 Å². The van der Waals surface area contributed by atoms with Crippen LogP contribution in [-0.2, 0) is 12.4 Å². The second-order valence-electron chi connectivity index (χ2n) is 4.69. The second kappa shape index (κ2) is 5.88. The first-order chi connectivity index (χ1) is 10.2. The van der Waals surface area contributed by atoms with Crippen molar-refractivity contribution in [3.8, 4) is 6.07 Å². The Morgan fingerprint density at radius 2 is 1.95 bits per heavy atom. The second-order valence-corrected chi connectivity index (χ2v) is 5.87. The van der Waals surface area contributed by atoms with Crippen LogP contribution in [0.1, 0.15) is 17.0 Å². The molecular formula is C16H11BrClN3. The predicted octanol–water partition coefficient (Wildman–Crippen LogP) is 4.46. The standard InChI is InChI=1S/C16H11BrClN3/c17-13-5-6-14-15(7-13)21(16(8-18)20-14)10-12-3-1-11(9-19)2-4-12/h1-7H,8,10H2. The summed E-state index contributed by atoms with van der Waals surface area (Å²) >= 11 is 9.51. The lowest BCUT2D eigenvalue weighted by Crippen LogP contribution is -2.03. The zero-order chi connectivity index (χ0) is 14.8. The van der Waals surface area contributed by atoms with Crippen molar-refractivity contribution in [2.24, 2.45) is 0 Å². The number of halogens is 2. The van der Waals surface area contributed by atoms with Gasteiger partial charge >= 0.3 is 0 Å². The maximum atomic E-state index is 8.85. The molecule has 0 atom stereocenters. The van der Waals surface area contributed by atoms with Crippen LogP contribution in [0.3, 0.4) is 0 Å². The molecule has 0 bridgehead atoms. The fourth-order valence-electron chi connectivity index (χ4n) is 2.29. The number of fused-ring (bicyclic) bond motifs is 1. The maximum absolute atomic E-state index is 8.85. The molecule has 0 aliphatic rings. The molecule has 0 aliphatic heterocycles. The smallest absolute Gasteiger partial charge is 0.125 e. The third-order valence-corrected chi connectivity index (χ3v) is 4.06. The van der Waals surface area contributed by atoms with Crippen molar-refractivity contribution in [2.45, 2.75) is 12.4 Å². The van der Waals surface area contributed by atoms with E-state index in [-0.39, 0.29) is 0 Å². The first kappa shape index (κ1) is 14.1. The number of nitrogens with zero attached hydrogens (tertiary/aromatic N) is 3. The molecular weight excluding hydrogens is 350 g/mol. The molecule has 3 aromatic rings. The highest BCUT2D eigenvalue weighted by Crippen LogP contribution is 2.23. The Hall–Kier alpha value is -1.83. The highest BCUT2D eigenvalue weighted by atomic mass is 79.9. The van der Waals surface area contributed by atoms with E-state index in [4.69, 9.17) is 16.9 Å². The molecule has 1 heterocycles. The Labute approximate surface area is 135 Å². The first-order valence-corrected chi connectivity index (χ1v) is 7.73. The predicted molar refractivity (Wildman–Crippen MR) is 87.2 cm³/mol. The van der Waals surface area contributed by atoms with Crippen LogP contribution in [0.5, 0.6) is 0 Å². The minimum absolute atomic E-state index is 0.364. The average molecular weight is 361 g/mol. The van der Waals surface area contributed by atoms with Crippen LogP contribution in [0.4, 0.5) is 0 Å². The highest BCUT2D eigenvalue weighted by molar-refractivity contribution is 9.10. The van der Waals surface area contributed by atoms with Crippen LogP contribution in [0.25, 0.3) is 11.0 Å². The van der Waals surface area contributed by atoms with E-state index < -0.39 is 0 Å². The van der Waals surface area contributed by atoms with E-state index in [1.807, 2.05) is 42.5 Å². The van der Waals surface area contributed by atoms with Crippen LogP contribution in [-0.4, -0.2) is 9.55 Å². The lowest BCUT2D eigenvalue weighted by Gasteiger charge is -2.08. The zero-order valence-corrected chi connectivity index (χ0v) is 13.4. The van der Waals surface area contributed by atoms with E-state index >= 15 is 0 Å². The molecule has 0 radical (unpaired) electrons. The number of hydrogen-bond acceptors (Lipinski definition) is 2. The number of nitriles is 1. The van der Waals surface area contributed by atoms with Crippen molar-refractivity contribution in [3.05, 3.63) is 63.9 Å². The van der Waals surface area contributed by atoms with Crippen molar-refractivity contribution in [3.63, 3.8) is 0 Å². The highest BCUT2D eigenvalue weighted by Gasteiger charge is 2.10. The number of alkyl halides is 1. The maximum Gasteiger partial charge on any atom is 0.125 e. The summed E-state index contributed by atoms with van der Waals surface area (Å²) in [6.07, 6.45) is 0. The third kappa shape index (κ3) is 2.80. The van der Waals surface area contributed by atoms with Crippen LogP contribution in [0.2, 0.25) is 0 Å². The number of benzene rings is 2. The minimum Gasteiger partial charge on any atom is -0.322 e. The molecule has 21 heavy (non-hydrogen) atoms. The Balaban J connectivity index is 2.05. The van der Waals surface area contributed by atoms with Crippen LogP contribution < -0.4 is 0 Å². The summed E-state index contributed by atoms with van der Waals surface area (Å²) in [6, 6.07) is 15.7. The van der Waals surface area contributed by atoms with Gasteiger partial charge in [-0.1, -0.05) is 28.1 Å². The van der Waals surface area contributed by atoms with Gasteiger partial charge in [-0.25, -0.2) is 4.98 Å². The molecule has 0 saturated carbocycles. The van der Waals surface area contributed by atoms with E-state index in [1.54, 1.807) is 0 Å². The van der Waals surface area contributed by atoms with E-state index in [0.29, 0.717) is 18.0 Å². The van der Waals surface area contributed by atoms with Crippen molar-refractivity contribution in [2.75, 3.05) is 0 Å². The summed E-state index contributed by atoms with van der Waals surface area (Å²) in [4.78, 5) is 4.56. The monoisotopic (exact) mass is 359 g/mol. The largest absolute Gasteiger partial charge is 0.322 e. The van der Waals surface area contributed by atoms with Crippen molar-refractivity contribution < 1.29 is 0 Å². The molecule has 0 saturated heterocycles. The van der Waals surface area contributed by atoms with Gasteiger partial charge in [0.15, 0.2) is 0 Å². The van der Waals surface area contributed by atoms with Gasteiger partial charge in [0.1, 0.15) is 5.82 Å². The topological polar surface area (TPSA) is 41.6 Å². The molecule has 0 spiro atoms. The Morgan fingerprint density at radius 3 is 2.62 bits per heavy atom. The molecule has 2 aromatic carbocycles. The van der Waals surface area contributed by atoms with Gasteiger partial charge in [-0.3, -0.25) is 0 Å². The van der Waals surface area contributed by atoms with E-state index in [2.05, 4.69) is 31.6 Å². The van der Waals surface area contributed by atoms with Crippen molar-refractivity contribution >= 4 is 38.6 Å². The van der Waals surface area contributed by atoms with Crippen LogP contribution in [0, 0.1) is 11.3 Å². The molecule has 0 amide bonds. The molecule has 104 valence electrons. The average Bonchev–Trinajstić information content (AvgIpc) is 2.85. The quantitative estimate of drug-likeness (QED) is 0.647. The first-order valence-electron chi connectivity index (χ1n) is 6.41. The van der Waals surface area contributed by atoms with E-state index in [0.717, 1.165) is 26.9 Å². The summed E-state index contributed by atoms with van der Waals surface area (Å²) in [6.45, 7) is 0.681. The molecule has 5 heteroatoms. The van der Waals surface area contributed by atoms with Gasteiger partial charge in [0.2, 0.25) is 0 Å². The number of rotatable bonds is 3. The van der Waals surface area contributed by atoms with Crippen LogP contribution in [0.15, 0.2) is 46.9 Å². The fourth-order valence-corrected chi connectivity index (χ4v) is 2.84. The Kier molecular flexibility index (Phi) is 3.96. The lowest BCUT2D eigenvalue weighted by atomic mass is 10.1. The summed E-state index contributed by atoms with van der Waals surface area (Å²) in [5, 5.41) is 8.85. The van der Waals surface area contributed by atoms with E-state index in [1.165, 1.54) is 0 Å². The molecule has 0 N–H and O–H groups in total. The van der Waals surface area contributed by atoms with Gasteiger partial charge < -0.3 is 4.57 Å².